The fourth-order valence-electron chi connectivity index (χ4n) is 2.14. The molecular weight excluding hydrogens is 250 g/mol. The summed E-state index contributed by atoms with van der Waals surface area (Å²) in [4.78, 5) is 16.7. The summed E-state index contributed by atoms with van der Waals surface area (Å²) in [5.41, 5.74) is 1.67. The maximum atomic E-state index is 12.2. The van der Waals surface area contributed by atoms with Crippen LogP contribution < -0.4 is 10.6 Å². The molecule has 1 aromatic heterocycles. The summed E-state index contributed by atoms with van der Waals surface area (Å²) in [6, 6.07) is 3.74. The lowest BCUT2D eigenvalue weighted by Gasteiger charge is -2.10. The van der Waals surface area contributed by atoms with E-state index in [1.165, 1.54) is 12.8 Å². The molecule has 0 radical (unpaired) electrons. The molecule has 0 unspecified atom stereocenters. The molecule has 1 aliphatic carbocycles. The molecule has 4 nitrogen and oxygen atoms in total. The van der Waals surface area contributed by atoms with Crippen LogP contribution in [-0.4, -0.2) is 24.0 Å². The average molecular weight is 275 g/mol. The van der Waals surface area contributed by atoms with Crippen molar-refractivity contribution in [2.75, 3.05) is 18.4 Å². The van der Waals surface area contributed by atoms with Crippen molar-refractivity contribution in [2.45, 2.75) is 46.0 Å². The smallest absolute Gasteiger partial charge is 0.251 e. The zero-order valence-electron chi connectivity index (χ0n) is 12.5. The van der Waals surface area contributed by atoms with Crippen molar-refractivity contribution in [3.05, 3.63) is 23.4 Å². The third-order valence-corrected chi connectivity index (χ3v) is 3.59. The van der Waals surface area contributed by atoms with Crippen molar-refractivity contribution >= 4 is 11.7 Å². The van der Waals surface area contributed by atoms with Gasteiger partial charge in [-0.25, -0.2) is 4.98 Å². The van der Waals surface area contributed by atoms with Crippen LogP contribution >= 0.6 is 0 Å². The van der Waals surface area contributed by atoms with E-state index >= 15 is 0 Å². The molecule has 1 aromatic rings. The van der Waals surface area contributed by atoms with Crippen LogP contribution in [0.1, 0.15) is 55.6 Å². The Labute approximate surface area is 121 Å². The number of aromatic nitrogens is 1. The second-order valence-electron chi connectivity index (χ2n) is 5.50. The first-order valence-corrected chi connectivity index (χ1v) is 7.76. The van der Waals surface area contributed by atoms with Crippen LogP contribution in [-0.2, 0) is 6.42 Å². The zero-order chi connectivity index (χ0) is 14.4. The number of hydrogen-bond acceptors (Lipinski definition) is 3. The van der Waals surface area contributed by atoms with Crippen LogP contribution in [0.25, 0.3) is 0 Å². The SMILES string of the molecule is CCCNc1cc(C(=O)NCCC2CC2)cc(CC)n1. The largest absolute Gasteiger partial charge is 0.370 e. The van der Waals surface area contributed by atoms with Crippen molar-refractivity contribution in [3.8, 4) is 0 Å². The van der Waals surface area contributed by atoms with Crippen LogP contribution in [0.5, 0.6) is 0 Å². The fraction of sp³-hybridized carbons (Fsp3) is 0.625. The molecule has 2 rings (SSSR count). The molecule has 0 atom stereocenters. The van der Waals surface area contributed by atoms with Gasteiger partial charge in [-0.15, -0.1) is 0 Å². The molecule has 0 bridgehead atoms. The Morgan fingerprint density at radius 2 is 2.10 bits per heavy atom. The van der Waals surface area contributed by atoms with Crippen molar-refractivity contribution in [1.82, 2.24) is 10.3 Å². The number of anilines is 1. The molecule has 0 aliphatic heterocycles. The van der Waals surface area contributed by atoms with Gasteiger partial charge in [0.25, 0.3) is 5.91 Å². The third-order valence-electron chi connectivity index (χ3n) is 3.59. The molecular formula is C16H25N3O. The van der Waals surface area contributed by atoms with Crippen molar-refractivity contribution in [3.63, 3.8) is 0 Å². The molecule has 0 aromatic carbocycles. The number of nitrogens with zero attached hydrogens (tertiary/aromatic N) is 1. The van der Waals surface area contributed by atoms with Gasteiger partial charge in [0.15, 0.2) is 0 Å². The summed E-state index contributed by atoms with van der Waals surface area (Å²) in [5, 5.41) is 6.27. The van der Waals surface area contributed by atoms with Gasteiger partial charge in [-0.1, -0.05) is 26.7 Å². The van der Waals surface area contributed by atoms with Gasteiger partial charge in [-0.2, -0.15) is 0 Å². The van der Waals surface area contributed by atoms with E-state index in [1.54, 1.807) is 0 Å². The minimum absolute atomic E-state index is 0.0160. The number of aryl methyl sites for hydroxylation is 1. The maximum Gasteiger partial charge on any atom is 0.251 e. The Morgan fingerprint density at radius 1 is 1.30 bits per heavy atom. The van der Waals surface area contributed by atoms with E-state index in [-0.39, 0.29) is 5.91 Å². The highest BCUT2D eigenvalue weighted by molar-refractivity contribution is 5.95. The van der Waals surface area contributed by atoms with Gasteiger partial charge in [-0.05, 0) is 37.3 Å². The van der Waals surface area contributed by atoms with Crippen LogP contribution in [0.3, 0.4) is 0 Å². The first kappa shape index (κ1) is 14.8. The normalized spacial score (nSPS) is 14.1. The molecule has 1 fully saturated rings. The van der Waals surface area contributed by atoms with Gasteiger partial charge >= 0.3 is 0 Å². The van der Waals surface area contributed by atoms with Gasteiger partial charge in [0, 0.05) is 24.3 Å². The zero-order valence-corrected chi connectivity index (χ0v) is 12.5. The van der Waals surface area contributed by atoms with Crippen LogP contribution in [0.2, 0.25) is 0 Å². The first-order chi connectivity index (χ1) is 9.72. The Morgan fingerprint density at radius 3 is 2.75 bits per heavy atom. The van der Waals surface area contributed by atoms with E-state index in [0.717, 1.165) is 49.8 Å². The molecule has 110 valence electrons. The highest BCUT2D eigenvalue weighted by atomic mass is 16.1. The molecule has 4 heteroatoms. The fourth-order valence-corrected chi connectivity index (χ4v) is 2.14. The topological polar surface area (TPSA) is 54.0 Å². The maximum absolute atomic E-state index is 12.2. The monoisotopic (exact) mass is 275 g/mol. The van der Waals surface area contributed by atoms with E-state index in [4.69, 9.17) is 0 Å². The Balaban J connectivity index is 1.97. The predicted octanol–water partition coefficient (Wildman–Crippen LogP) is 3.00. The van der Waals surface area contributed by atoms with Crippen molar-refractivity contribution < 1.29 is 4.79 Å². The number of pyridine rings is 1. The molecule has 2 N–H and O–H groups in total. The summed E-state index contributed by atoms with van der Waals surface area (Å²) in [6.45, 7) is 5.83. The first-order valence-electron chi connectivity index (χ1n) is 7.76. The molecule has 1 amide bonds. The molecule has 20 heavy (non-hydrogen) atoms. The molecule has 0 saturated heterocycles. The lowest BCUT2D eigenvalue weighted by Crippen LogP contribution is -2.25. The van der Waals surface area contributed by atoms with Gasteiger partial charge in [0.1, 0.15) is 5.82 Å². The summed E-state index contributed by atoms with van der Waals surface area (Å²) in [7, 11) is 0. The van der Waals surface area contributed by atoms with Gasteiger partial charge in [-0.3, -0.25) is 4.79 Å². The van der Waals surface area contributed by atoms with Crippen LogP contribution in [0.4, 0.5) is 5.82 Å². The second-order valence-corrected chi connectivity index (χ2v) is 5.50. The third kappa shape index (κ3) is 4.51. The highest BCUT2D eigenvalue weighted by Gasteiger charge is 2.20. The second kappa shape index (κ2) is 7.27. The van der Waals surface area contributed by atoms with E-state index in [0.29, 0.717) is 5.56 Å². The van der Waals surface area contributed by atoms with Gasteiger partial charge < -0.3 is 10.6 Å². The summed E-state index contributed by atoms with van der Waals surface area (Å²) < 4.78 is 0. The summed E-state index contributed by atoms with van der Waals surface area (Å²) in [5.74, 6) is 1.67. The minimum atomic E-state index is 0.0160. The number of rotatable bonds is 8. The van der Waals surface area contributed by atoms with Crippen molar-refractivity contribution in [1.29, 1.82) is 0 Å². The van der Waals surface area contributed by atoms with Crippen LogP contribution in [0.15, 0.2) is 12.1 Å². The van der Waals surface area contributed by atoms with Crippen molar-refractivity contribution in [2.24, 2.45) is 5.92 Å². The summed E-state index contributed by atoms with van der Waals surface area (Å²) >= 11 is 0. The molecule has 1 aliphatic rings. The molecule has 1 heterocycles. The van der Waals surface area contributed by atoms with Gasteiger partial charge in [0.2, 0.25) is 0 Å². The lowest BCUT2D eigenvalue weighted by atomic mass is 10.1. The molecule has 0 spiro atoms. The Kier molecular flexibility index (Phi) is 5.39. The lowest BCUT2D eigenvalue weighted by molar-refractivity contribution is 0.0952. The van der Waals surface area contributed by atoms with E-state index < -0.39 is 0 Å². The predicted molar refractivity (Wildman–Crippen MR) is 82.1 cm³/mol. The van der Waals surface area contributed by atoms with E-state index in [9.17, 15) is 4.79 Å². The highest BCUT2D eigenvalue weighted by Crippen LogP contribution is 2.31. The number of hydrogen-bond donors (Lipinski definition) is 2. The Bertz CT molecular complexity index is 455. The number of amides is 1. The quantitative estimate of drug-likeness (QED) is 0.767. The van der Waals surface area contributed by atoms with Crippen LogP contribution in [0, 0.1) is 5.92 Å². The standard InChI is InChI=1S/C16H25N3O/c1-3-8-17-15-11-13(10-14(4-2)19-15)16(20)18-9-7-12-5-6-12/h10-12H,3-9H2,1-2H3,(H,17,19)(H,18,20). The number of carbonyl (C=O) groups excluding carboxylic acids is 1. The molecule has 1 saturated carbocycles. The Hall–Kier alpha value is -1.58. The number of nitrogens with one attached hydrogen (secondary N) is 2. The van der Waals surface area contributed by atoms with Gasteiger partial charge in [0.05, 0.1) is 0 Å². The van der Waals surface area contributed by atoms with E-state index in [1.807, 2.05) is 12.1 Å². The summed E-state index contributed by atoms with van der Waals surface area (Å²) in [6.07, 6.45) is 5.65. The minimum Gasteiger partial charge on any atom is -0.370 e. The average Bonchev–Trinajstić information content (AvgIpc) is 3.28. The number of carbonyl (C=O) groups is 1. The van der Waals surface area contributed by atoms with E-state index in [2.05, 4.69) is 29.5 Å².